The van der Waals surface area contributed by atoms with Crippen LogP contribution in [-0.4, -0.2) is 18.5 Å². The lowest BCUT2D eigenvalue weighted by atomic mass is 9.84. The maximum atomic E-state index is 14.3. The molecule has 2 aromatic rings. The van der Waals surface area contributed by atoms with Crippen LogP contribution in [0.2, 0.25) is 0 Å². The predicted molar refractivity (Wildman–Crippen MR) is 93.4 cm³/mol. The second kappa shape index (κ2) is 6.11. The van der Waals surface area contributed by atoms with Crippen molar-refractivity contribution in [1.82, 2.24) is 0 Å². The number of nitrogens with zero attached hydrogens (tertiary/aromatic N) is 1. The molecule has 0 bridgehead atoms. The third-order valence-electron chi connectivity index (χ3n) is 4.46. The summed E-state index contributed by atoms with van der Waals surface area (Å²) in [6.07, 6.45) is 0.0153. The number of hydrogen-bond donors (Lipinski definition) is 0. The van der Waals surface area contributed by atoms with E-state index in [-0.39, 0.29) is 18.9 Å². The number of carbonyl (C=O) groups is 2. The Labute approximate surface area is 152 Å². The molecule has 0 spiro atoms. The summed E-state index contributed by atoms with van der Waals surface area (Å²) < 4.78 is 20.3. The highest BCUT2D eigenvalue weighted by molar-refractivity contribution is 9.10. The van der Waals surface area contributed by atoms with Gasteiger partial charge in [-0.1, -0.05) is 40.2 Å². The SMILES string of the molecule is O=C1OCC2=C1[C@@H](c1ccccc1F)CC(=O)N2c1cccc(Br)c1. The van der Waals surface area contributed by atoms with Crippen LogP contribution in [0.5, 0.6) is 0 Å². The number of ether oxygens (including phenoxy) is 1. The van der Waals surface area contributed by atoms with Gasteiger partial charge in [-0.2, -0.15) is 0 Å². The van der Waals surface area contributed by atoms with Crippen LogP contribution < -0.4 is 4.90 Å². The molecule has 2 heterocycles. The highest BCUT2D eigenvalue weighted by atomic mass is 79.9. The van der Waals surface area contributed by atoms with Crippen molar-refractivity contribution in [2.45, 2.75) is 12.3 Å². The molecule has 0 saturated carbocycles. The topological polar surface area (TPSA) is 46.6 Å². The number of halogens is 2. The maximum Gasteiger partial charge on any atom is 0.336 e. The van der Waals surface area contributed by atoms with Crippen molar-refractivity contribution in [1.29, 1.82) is 0 Å². The average Bonchev–Trinajstić information content (AvgIpc) is 2.96. The van der Waals surface area contributed by atoms with Crippen LogP contribution in [0.1, 0.15) is 17.9 Å². The monoisotopic (exact) mass is 401 g/mol. The fraction of sp³-hybridized carbons (Fsp3) is 0.158. The van der Waals surface area contributed by atoms with Gasteiger partial charge in [0.2, 0.25) is 5.91 Å². The molecule has 2 aliphatic rings. The first-order chi connectivity index (χ1) is 12.1. The largest absolute Gasteiger partial charge is 0.456 e. The third-order valence-corrected chi connectivity index (χ3v) is 4.96. The summed E-state index contributed by atoms with van der Waals surface area (Å²) in [6.45, 7) is 0.0113. The van der Waals surface area contributed by atoms with Gasteiger partial charge < -0.3 is 4.74 Å². The molecule has 0 aliphatic carbocycles. The molecule has 0 radical (unpaired) electrons. The van der Waals surface area contributed by atoms with Crippen molar-refractivity contribution < 1.29 is 18.7 Å². The van der Waals surface area contributed by atoms with Gasteiger partial charge in [0.1, 0.15) is 12.4 Å². The first-order valence-electron chi connectivity index (χ1n) is 7.79. The molecular weight excluding hydrogens is 389 g/mol. The minimum Gasteiger partial charge on any atom is -0.456 e. The molecule has 2 aliphatic heterocycles. The molecule has 0 unspecified atom stereocenters. The molecule has 0 fully saturated rings. The Bertz CT molecular complexity index is 924. The Kier molecular flexibility index (Phi) is 3.92. The van der Waals surface area contributed by atoms with Gasteiger partial charge in [-0.15, -0.1) is 0 Å². The van der Waals surface area contributed by atoms with E-state index in [1.165, 1.54) is 11.0 Å². The van der Waals surface area contributed by atoms with Crippen molar-refractivity contribution in [2.75, 3.05) is 11.5 Å². The highest BCUT2D eigenvalue weighted by Gasteiger charge is 2.43. The van der Waals surface area contributed by atoms with Gasteiger partial charge in [-0.05, 0) is 29.8 Å². The predicted octanol–water partition coefficient (Wildman–Crippen LogP) is 3.92. The Morgan fingerprint density at radius 2 is 1.92 bits per heavy atom. The lowest BCUT2D eigenvalue weighted by molar-refractivity contribution is -0.136. The average molecular weight is 402 g/mol. The fourth-order valence-electron chi connectivity index (χ4n) is 3.39. The number of carbonyl (C=O) groups excluding carboxylic acids is 2. The Morgan fingerprint density at radius 3 is 2.68 bits per heavy atom. The summed E-state index contributed by atoms with van der Waals surface area (Å²) in [5, 5.41) is 0. The summed E-state index contributed by atoms with van der Waals surface area (Å²) in [4.78, 5) is 26.6. The minimum atomic E-state index is -0.623. The van der Waals surface area contributed by atoms with Gasteiger partial charge in [-0.3, -0.25) is 9.69 Å². The lowest BCUT2D eigenvalue weighted by Gasteiger charge is -2.32. The molecule has 0 aromatic heterocycles. The van der Waals surface area contributed by atoms with Crippen molar-refractivity contribution >= 4 is 33.5 Å². The van der Waals surface area contributed by atoms with Crippen molar-refractivity contribution in [3.63, 3.8) is 0 Å². The smallest absolute Gasteiger partial charge is 0.336 e. The zero-order chi connectivity index (χ0) is 17.6. The Morgan fingerprint density at radius 1 is 1.12 bits per heavy atom. The number of rotatable bonds is 2. The molecule has 4 nitrogen and oxygen atoms in total. The summed E-state index contributed by atoms with van der Waals surface area (Å²) in [6, 6.07) is 13.5. The van der Waals surface area contributed by atoms with Crippen molar-refractivity contribution in [2.24, 2.45) is 0 Å². The fourth-order valence-corrected chi connectivity index (χ4v) is 3.78. The number of benzene rings is 2. The quantitative estimate of drug-likeness (QED) is 0.716. The molecule has 1 atom stereocenters. The summed E-state index contributed by atoms with van der Waals surface area (Å²) in [5.74, 6) is -1.73. The molecule has 25 heavy (non-hydrogen) atoms. The van der Waals surface area contributed by atoms with E-state index < -0.39 is 17.7 Å². The number of anilines is 1. The van der Waals surface area contributed by atoms with Gasteiger partial charge in [-0.25, -0.2) is 9.18 Å². The molecular formula is C19H13BrFNO3. The van der Waals surface area contributed by atoms with Crippen LogP contribution >= 0.6 is 15.9 Å². The Balaban J connectivity index is 1.86. The van der Waals surface area contributed by atoms with Crippen LogP contribution in [0.25, 0.3) is 0 Å². The van der Waals surface area contributed by atoms with Gasteiger partial charge in [0.25, 0.3) is 0 Å². The number of amides is 1. The molecule has 0 N–H and O–H groups in total. The van der Waals surface area contributed by atoms with Crippen LogP contribution in [0.4, 0.5) is 10.1 Å². The van der Waals surface area contributed by atoms with E-state index in [1.54, 1.807) is 30.3 Å². The molecule has 0 saturated heterocycles. The molecule has 126 valence electrons. The van der Waals surface area contributed by atoms with Gasteiger partial charge in [0.05, 0.1) is 11.3 Å². The zero-order valence-corrected chi connectivity index (χ0v) is 14.6. The molecule has 1 amide bonds. The summed E-state index contributed by atoms with van der Waals surface area (Å²) >= 11 is 3.39. The number of esters is 1. The normalized spacial score (nSPS) is 19.9. The van der Waals surface area contributed by atoms with E-state index in [0.29, 0.717) is 22.5 Å². The molecule has 2 aromatic carbocycles. The van der Waals surface area contributed by atoms with E-state index >= 15 is 0 Å². The van der Waals surface area contributed by atoms with Crippen molar-refractivity contribution in [3.8, 4) is 0 Å². The van der Waals surface area contributed by atoms with E-state index in [2.05, 4.69) is 15.9 Å². The first kappa shape index (κ1) is 16.0. The standard InChI is InChI=1S/C19H13BrFNO3/c20-11-4-3-5-12(8-11)22-16-10-25-19(24)18(16)14(9-17(22)23)13-6-1-2-7-15(13)21/h1-8,14H,9-10H2/t14-/m1/s1. The molecule has 4 rings (SSSR count). The van der Waals surface area contributed by atoms with Crippen LogP contribution in [-0.2, 0) is 14.3 Å². The zero-order valence-electron chi connectivity index (χ0n) is 13.0. The highest BCUT2D eigenvalue weighted by Crippen LogP contribution is 2.42. The van der Waals surface area contributed by atoms with E-state index in [9.17, 15) is 14.0 Å². The third kappa shape index (κ3) is 2.66. The van der Waals surface area contributed by atoms with Crippen molar-refractivity contribution in [3.05, 3.63) is 75.7 Å². The van der Waals surface area contributed by atoms with E-state index in [0.717, 1.165) is 4.47 Å². The van der Waals surface area contributed by atoms with E-state index in [4.69, 9.17) is 4.74 Å². The van der Waals surface area contributed by atoms with Crippen LogP contribution in [0.15, 0.2) is 64.3 Å². The number of hydrogen-bond acceptors (Lipinski definition) is 3. The van der Waals surface area contributed by atoms with Gasteiger partial charge in [0.15, 0.2) is 0 Å². The van der Waals surface area contributed by atoms with Gasteiger partial charge >= 0.3 is 5.97 Å². The van der Waals surface area contributed by atoms with E-state index in [1.807, 2.05) is 12.1 Å². The summed E-state index contributed by atoms with van der Waals surface area (Å²) in [7, 11) is 0. The maximum absolute atomic E-state index is 14.3. The Hall–Kier alpha value is -2.47. The van der Waals surface area contributed by atoms with Crippen LogP contribution in [0.3, 0.4) is 0 Å². The second-order valence-electron chi connectivity index (χ2n) is 5.92. The number of cyclic esters (lactones) is 1. The van der Waals surface area contributed by atoms with Gasteiger partial charge in [0, 0.05) is 22.5 Å². The summed E-state index contributed by atoms with van der Waals surface area (Å²) in [5.41, 5.74) is 1.85. The van der Waals surface area contributed by atoms with Crippen LogP contribution in [0, 0.1) is 5.82 Å². The molecule has 6 heteroatoms. The lowest BCUT2D eigenvalue weighted by Crippen LogP contribution is -2.37. The first-order valence-corrected chi connectivity index (χ1v) is 8.58. The second-order valence-corrected chi connectivity index (χ2v) is 6.84. The minimum absolute atomic E-state index is 0.0113.